The van der Waals surface area contributed by atoms with E-state index in [1.54, 1.807) is 7.11 Å². The molecular weight excluding hydrogens is 420 g/mol. The molecule has 180 valence electrons. The van der Waals surface area contributed by atoms with Crippen LogP contribution in [0.2, 0.25) is 0 Å². The lowest BCUT2D eigenvalue weighted by Gasteiger charge is -2.37. The fraction of sp³-hybridized carbons (Fsp3) is 0.654. The van der Waals surface area contributed by atoms with E-state index in [4.69, 9.17) is 14.2 Å². The number of epoxide rings is 1. The first-order valence-corrected chi connectivity index (χ1v) is 12.2. The van der Waals surface area contributed by atoms with Gasteiger partial charge >= 0.3 is 5.97 Å². The maximum Gasteiger partial charge on any atom is 0.311 e. The summed E-state index contributed by atoms with van der Waals surface area (Å²) in [6.45, 7) is 8.40. The second-order valence-corrected chi connectivity index (χ2v) is 10.2. The monoisotopic (exact) mass is 456 g/mol. The largest absolute Gasteiger partial charge is 0.497 e. The van der Waals surface area contributed by atoms with Crippen molar-refractivity contribution in [2.24, 2.45) is 11.8 Å². The molecule has 0 bridgehead atoms. The summed E-state index contributed by atoms with van der Waals surface area (Å²) in [5.41, 5.74) is 1.96. The van der Waals surface area contributed by atoms with Crippen molar-refractivity contribution < 1.29 is 24.1 Å². The molecule has 0 unspecified atom stereocenters. The van der Waals surface area contributed by atoms with Crippen LogP contribution < -0.4 is 9.64 Å². The SMILES string of the molecule is COc1ccc(N2CCN(C[C@H]3C(=O)O[C@@H]4[C@@H]3C[C@H](O)/C(C)=C/CC[C@]3(C)O[C@@H]43)CC2)cc1. The van der Waals surface area contributed by atoms with E-state index in [2.05, 4.69) is 34.9 Å². The Labute approximate surface area is 196 Å². The first-order valence-electron chi connectivity index (χ1n) is 12.2. The van der Waals surface area contributed by atoms with E-state index in [-0.39, 0.29) is 35.6 Å². The molecule has 1 aromatic rings. The van der Waals surface area contributed by atoms with Crippen LogP contribution in [0.15, 0.2) is 35.9 Å². The maximum absolute atomic E-state index is 13.0. The third kappa shape index (κ3) is 4.51. The number of methoxy groups -OCH3 is 1. The summed E-state index contributed by atoms with van der Waals surface area (Å²) < 4.78 is 17.3. The number of hydrogen-bond acceptors (Lipinski definition) is 7. The molecule has 0 aromatic heterocycles. The summed E-state index contributed by atoms with van der Waals surface area (Å²) >= 11 is 0. The highest BCUT2D eigenvalue weighted by Crippen LogP contribution is 2.50. The molecule has 3 heterocycles. The smallest absolute Gasteiger partial charge is 0.311 e. The zero-order chi connectivity index (χ0) is 23.2. The van der Waals surface area contributed by atoms with Crippen LogP contribution in [0.1, 0.15) is 33.1 Å². The van der Waals surface area contributed by atoms with Gasteiger partial charge in [-0.1, -0.05) is 6.08 Å². The Morgan fingerprint density at radius 3 is 2.61 bits per heavy atom. The van der Waals surface area contributed by atoms with Crippen molar-refractivity contribution in [1.82, 2.24) is 4.90 Å². The first-order chi connectivity index (χ1) is 15.9. The zero-order valence-electron chi connectivity index (χ0n) is 19.9. The number of nitrogens with zero attached hydrogens (tertiary/aromatic N) is 2. The predicted octanol–water partition coefficient (Wildman–Crippen LogP) is 2.62. The van der Waals surface area contributed by atoms with Crippen molar-refractivity contribution >= 4 is 11.7 Å². The number of hydrogen-bond donors (Lipinski definition) is 1. The lowest BCUT2D eigenvalue weighted by atomic mass is 9.79. The average molecular weight is 457 g/mol. The number of carbonyl (C=O) groups is 1. The normalized spacial score (nSPS) is 38.5. The van der Waals surface area contributed by atoms with Crippen molar-refractivity contribution in [2.75, 3.05) is 44.7 Å². The van der Waals surface area contributed by atoms with Crippen LogP contribution >= 0.6 is 0 Å². The topological polar surface area (TPSA) is 74.8 Å². The molecule has 3 saturated heterocycles. The second-order valence-electron chi connectivity index (χ2n) is 10.2. The standard InChI is InChI=1S/C26H36N2O5/c1-17-5-4-10-26(2)24(33-26)23-20(15-22(17)29)21(25(30)32-23)16-27-11-13-28(14-12-27)18-6-8-19(31-3)9-7-18/h5-9,20-24,29H,4,10-16H2,1-3H3/b17-5+/t20-,21-,22+,23-,24+,26+/m1/s1. The number of ether oxygens (including phenoxy) is 3. The molecule has 1 aromatic carbocycles. The van der Waals surface area contributed by atoms with Crippen molar-refractivity contribution in [3.8, 4) is 5.75 Å². The van der Waals surface area contributed by atoms with Crippen LogP contribution in [0, 0.1) is 11.8 Å². The first kappa shape index (κ1) is 22.7. The number of aliphatic hydroxyl groups excluding tert-OH is 1. The van der Waals surface area contributed by atoms with E-state index in [1.807, 2.05) is 19.1 Å². The summed E-state index contributed by atoms with van der Waals surface area (Å²) in [5.74, 6) is 0.479. The molecule has 0 radical (unpaired) electrons. The highest BCUT2D eigenvalue weighted by atomic mass is 16.6. The Morgan fingerprint density at radius 2 is 1.91 bits per heavy atom. The molecule has 0 spiro atoms. The number of carbonyl (C=O) groups excluding carboxylic acids is 1. The van der Waals surface area contributed by atoms with Gasteiger partial charge in [0.15, 0.2) is 0 Å². The van der Waals surface area contributed by atoms with Crippen LogP contribution in [-0.4, -0.2) is 79.7 Å². The molecule has 1 N–H and O–H groups in total. The van der Waals surface area contributed by atoms with Crippen LogP contribution in [0.25, 0.3) is 0 Å². The van der Waals surface area contributed by atoms with Gasteiger partial charge < -0.3 is 24.2 Å². The predicted molar refractivity (Wildman–Crippen MR) is 125 cm³/mol. The number of anilines is 1. The number of rotatable bonds is 4. The fourth-order valence-electron chi connectivity index (χ4n) is 5.81. The number of benzene rings is 1. The van der Waals surface area contributed by atoms with Crippen molar-refractivity contribution in [3.63, 3.8) is 0 Å². The van der Waals surface area contributed by atoms with Crippen LogP contribution in [0.5, 0.6) is 5.75 Å². The van der Waals surface area contributed by atoms with Crippen LogP contribution in [0.3, 0.4) is 0 Å². The third-order valence-corrected chi connectivity index (χ3v) is 8.13. The lowest BCUT2D eigenvalue weighted by Crippen LogP contribution is -2.49. The number of allylic oxidation sites excluding steroid dienone is 1. The van der Waals surface area contributed by atoms with E-state index in [0.717, 1.165) is 50.3 Å². The van der Waals surface area contributed by atoms with E-state index >= 15 is 0 Å². The van der Waals surface area contributed by atoms with E-state index in [1.165, 1.54) is 5.69 Å². The number of esters is 1. The van der Waals surface area contributed by atoms with E-state index in [9.17, 15) is 9.90 Å². The van der Waals surface area contributed by atoms with Gasteiger partial charge in [-0.3, -0.25) is 9.69 Å². The third-order valence-electron chi connectivity index (χ3n) is 8.13. The van der Waals surface area contributed by atoms with Gasteiger partial charge in [-0.05, 0) is 62.9 Å². The van der Waals surface area contributed by atoms with Crippen LogP contribution in [-0.2, 0) is 14.3 Å². The molecule has 7 nitrogen and oxygen atoms in total. The molecule has 33 heavy (non-hydrogen) atoms. The van der Waals surface area contributed by atoms with Gasteiger partial charge in [-0.2, -0.15) is 0 Å². The van der Waals surface area contributed by atoms with E-state index < -0.39 is 6.10 Å². The Balaban J connectivity index is 1.25. The highest BCUT2D eigenvalue weighted by molar-refractivity contribution is 5.76. The van der Waals surface area contributed by atoms with Gasteiger partial charge in [0.1, 0.15) is 18.0 Å². The molecule has 7 heteroatoms. The van der Waals surface area contributed by atoms with E-state index in [0.29, 0.717) is 13.0 Å². The molecule has 3 fully saturated rings. The molecule has 0 amide bonds. The molecule has 3 aliphatic heterocycles. The minimum atomic E-state index is -0.537. The van der Waals surface area contributed by atoms with Crippen molar-refractivity contribution in [3.05, 3.63) is 35.9 Å². The van der Waals surface area contributed by atoms with Gasteiger partial charge in [0.2, 0.25) is 0 Å². The molecular formula is C26H36N2O5. The van der Waals surface area contributed by atoms with Crippen molar-refractivity contribution in [2.45, 2.75) is 57.0 Å². The Morgan fingerprint density at radius 1 is 1.18 bits per heavy atom. The summed E-state index contributed by atoms with van der Waals surface area (Å²) in [4.78, 5) is 17.7. The Bertz CT molecular complexity index is 894. The van der Waals surface area contributed by atoms with Gasteiger partial charge in [0.05, 0.1) is 24.7 Å². The lowest BCUT2D eigenvalue weighted by molar-refractivity contribution is -0.145. The summed E-state index contributed by atoms with van der Waals surface area (Å²) in [6.07, 6.45) is 3.59. The maximum atomic E-state index is 13.0. The van der Waals surface area contributed by atoms with Crippen molar-refractivity contribution in [1.29, 1.82) is 0 Å². The molecule has 6 atom stereocenters. The van der Waals surface area contributed by atoms with Gasteiger partial charge in [0, 0.05) is 44.3 Å². The minimum Gasteiger partial charge on any atom is -0.497 e. The number of fused-ring (bicyclic) bond motifs is 3. The van der Waals surface area contributed by atoms with Crippen LogP contribution in [0.4, 0.5) is 5.69 Å². The summed E-state index contributed by atoms with van der Waals surface area (Å²) in [6, 6.07) is 8.17. The molecule has 4 aliphatic rings. The molecule has 0 saturated carbocycles. The number of aliphatic hydroxyl groups is 1. The number of piperazine rings is 1. The minimum absolute atomic E-state index is 0.0274. The Hall–Kier alpha value is -2.09. The molecule has 1 aliphatic carbocycles. The Kier molecular flexibility index (Phi) is 6.14. The average Bonchev–Trinajstić information content (AvgIpc) is 3.40. The fourth-order valence-corrected chi connectivity index (χ4v) is 5.81. The van der Waals surface area contributed by atoms with Gasteiger partial charge in [0.25, 0.3) is 0 Å². The quantitative estimate of drug-likeness (QED) is 0.424. The summed E-state index contributed by atoms with van der Waals surface area (Å²) in [5, 5.41) is 10.8. The second kappa shape index (κ2) is 8.93. The highest BCUT2D eigenvalue weighted by Gasteiger charge is 2.63. The van der Waals surface area contributed by atoms with Gasteiger partial charge in [-0.15, -0.1) is 0 Å². The zero-order valence-corrected chi connectivity index (χ0v) is 19.9. The van der Waals surface area contributed by atoms with Gasteiger partial charge in [-0.25, -0.2) is 0 Å². The summed E-state index contributed by atoms with van der Waals surface area (Å²) in [7, 11) is 1.68. The molecule has 5 rings (SSSR count).